The van der Waals surface area contributed by atoms with Crippen LogP contribution in [0.1, 0.15) is 39.9 Å². The van der Waals surface area contributed by atoms with Crippen LogP contribution in [0.4, 0.5) is 0 Å². The molecule has 0 unspecified atom stereocenters. The van der Waals surface area contributed by atoms with Gasteiger partial charge in [-0.3, -0.25) is 9.59 Å². The third-order valence-electron chi connectivity index (χ3n) is 8.17. The lowest BCUT2D eigenvalue weighted by Gasteiger charge is -2.18. The SMILES string of the molecule is COc1ccc(C(=O)/C(Cc2cc(OC)c(OC)c(OCCCC(=O)NCCc3ccc(O)cc3)c2)=C(/C(=O)O)c2ccc3c(c2)OCO3)cc1. The Bertz CT molecular complexity index is 1900. The topological polar surface area (TPSA) is 159 Å². The molecular formula is C39H39NO11. The number of phenols is 1. The maximum atomic E-state index is 14.2. The zero-order chi connectivity index (χ0) is 36.3. The highest BCUT2D eigenvalue weighted by atomic mass is 16.7. The number of aliphatic carboxylic acids is 1. The average molecular weight is 698 g/mol. The van der Waals surface area contributed by atoms with Crippen LogP contribution in [0.25, 0.3) is 5.57 Å². The van der Waals surface area contributed by atoms with Crippen LogP contribution in [0.3, 0.4) is 0 Å². The first kappa shape index (κ1) is 36.1. The number of amides is 1. The fourth-order valence-corrected chi connectivity index (χ4v) is 5.59. The number of phenolic OH excluding ortho intramolecular Hbond substituents is 1. The molecule has 0 radical (unpaired) electrons. The number of nitrogens with one attached hydrogen (secondary N) is 1. The zero-order valence-corrected chi connectivity index (χ0v) is 28.5. The van der Waals surface area contributed by atoms with E-state index in [4.69, 9.17) is 28.4 Å². The van der Waals surface area contributed by atoms with Crippen LogP contribution in [-0.4, -0.2) is 69.1 Å². The van der Waals surface area contributed by atoms with Gasteiger partial charge < -0.3 is 44.0 Å². The lowest BCUT2D eigenvalue weighted by molar-refractivity contribution is -0.130. The molecule has 1 aliphatic rings. The van der Waals surface area contributed by atoms with Crippen molar-refractivity contribution in [1.82, 2.24) is 5.32 Å². The van der Waals surface area contributed by atoms with Crippen molar-refractivity contribution >= 4 is 23.2 Å². The zero-order valence-electron chi connectivity index (χ0n) is 28.5. The normalized spacial score (nSPS) is 12.1. The highest BCUT2D eigenvalue weighted by Gasteiger charge is 2.27. The molecular weight excluding hydrogens is 658 g/mol. The van der Waals surface area contributed by atoms with Crippen LogP contribution in [-0.2, 0) is 22.4 Å². The van der Waals surface area contributed by atoms with Crippen molar-refractivity contribution in [2.75, 3.05) is 41.3 Å². The van der Waals surface area contributed by atoms with E-state index in [9.17, 15) is 24.6 Å². The molecule has 0 fully saturated rings. The molecule has 0 bridgehead atoms. The standard InChI is InChI=1S/C39H39NO11/c1-46-29-13-8-26(9-14-29)37(43)30(36(39(44)45)27-10-15-31-32(22-27)51-23-50-31)19-25-20-33(47-2)38(48-3)34(21-25)49-18-4-5-35(42)40-17-16-24-6-11-28(41)12-7-24/h6-15,20-22,41H,4-5,16-19,23H2,1-3H3,(H,40,42)(H,44,45)/b36-30+. The van der Waals surface area contributed by atoms with Gasteiger partial charge in [-0.25, -0.2) is 4.79 Å². The Labute approximate surface area is 295 Å². The number of benzene rings is 4. The van der Waals surface area contributed by atoms with E-state index in [1.165, 1.54) is 21.3 Å². The summed E-state index contributed by atoms with van der Waals surface area (Å²) < 4.78 is 33.4. The third kappa shape index (κ3) is 9.09. The Balaban J connectivity index is 1.38. The lowest BCUT2D eigenvalue weighted by atomic mass is 9.89. The van der Waals surface area contributed by atoms with E-state index in [1.807, 2.05) is 0 Å². The maximum absolute atomic E-state index is 14.2. The number of carboxylic acid groups (broad SMARTS) is 1. The van der Waals surface area contributed by atoms with E-state index in [0.29, 0.717) is 59.4 Å². The molecule has 0 spiro atoms. The molecule has 0 aromatic heterocycles. The summed E-state index contributed by atoms with van der Waals surface area (Å²) in [5.41, 5.74) is 1.85. The van der Waals surface area contributed by atoms with Crippen molar-refractivity contribution in [3.8, 4) is 40.2 Å². The van der Waals surface area contributed by atoms with E-state index in [2.05, 4.69) is 5.32 Å². The molecule has 4 aromatic rings. The van der Waals surface area contributed by atoms with Gasteiger partial charge in [0.05, 0.1) is 33.5 Å². The summed E-state index contributed by atoms with van der Waals surface area (Å²) in [5, 5.41) is 22.9. The van der Waals surface area contributed by atoms with Gasteiger partial charge in [-0.05, 0) is 90.2 Å². The first-order valence-corrected chi connectivity index (χ1v) is 16.2. The monoisotopic (exact) mass is 697 g/mol. The minimum Gasteiger partial charge on any atom is -0.508 e. The highest BCUT2D eigenvalue weighted by molar-refractivity contribution is 6.26. The Morgan fingerprint density at radius 1 is 0.784 bits per heavy atom. The molecule has 12 heteroatoms. The van der Waals surface area contributed by atoms with E-state index >= 15 is 0 Å². The van der Waals surface area contributed by atoms with Crippen LogP contribution < -0.4 is 33.7 Å². The summed E-state index contributed by atoms with van der Waals surface area (Å²) in [6.07, 6.45) is 1.13. The number of hydrogen-bond acceptors (Lipinski definition) is 10. The molecule has 0 saturated heterocycles. The number of hydrogen-bond donors (Lipinski definition) is 3. The second kappa shape index (κ2) is 17.0. The van der Waals surface area contributed by atoms with Crippen LogP contribution in [0.15, 0.2) is 84.4 Å². The number of carbonyl (C=O) groups excluding carboxylic acids is 2. The van der Waals surface area contributed by atoms with Gasteiger partial charge in [0.15, 0.2) is 28.8 Å². The molecule has 0 atom stereocenters. The van der Waals surface area contributed by atoms with Crippen molar-refractivity contribution in [3.63, 3.8) is 0 Å². The molecule has 3 N–H and O–H groups in total. The lowest BCUT2D eigenvalue weighted by Crippen LogP contribution is -2.25. The van der Waals surface area contributed by atoms with Crippen molar-refractivity contribution in [2.24, 2.45) is 0 Å². The molecule has 5 rings (SSSR count). The number of allylic oxidation sites excluding steroid dienone is 1. The Hall–Kier alpha value is -6.17. The number of rotatable bonds is 17. The number of Topliss-reactive ketones (excluding diaryl/α,β-unsaturated/α-hetero) is 1. The van der Waals surface area contributed by atoms with Gasteiger partial charge >= 0.3 is 5.97 Å². The first-order chi connectivity index (χ1) is 24.7. The summed E-state index contributed by atoms with van der Waals surface area (Å²) in [6, 6.07) is 21.3. The molecule has 266 valence electrons. The molecule has 1 aliphatic heterocycles. The maximum Gasteiger partial charge on any atom is 0.336 e. The van der Waals surface area contributed by atoms with E-state index < -0.39 is 11.8 Å². The quantitative estimate of drug-likeness (QED) is 0.0713. The summed E-state index contributed by atoms with van der Waals surface area (Å²) in [5.74, 6) is 0.560. The second-order valence-corrected chi connectivity index (χ2v) is 11.5. The van der Waals surface area contributed by atoms with Gasteiger partial charge in [0.2, 0.25) is 18.4 Å². The predicted molar refractivity (Wildman–Crippen MR) is 187 cm³/mol. The van der Waals surface area contributed by atoms with Crippen molar-refractivity contribution in [1.29, 1.82) is 0 Å². The molecule has 12 nitrogen and oxygen atoms in total. The van der Waals surface area contributed by atoms with Gasteiger partial charge in [-0.1, -0.05) is 18.2 Å². The number of aromatic hydroxyl groups is 1. The fraction of sp³-hybridized carbons (Fsp3) is 0.256. The fourth-order valence-electron chi connectivity index (χ4n) is 5.59. The van der Waals surface area contributed by atoms with Gasteiger partial charge in [0.25, 0.3) is 0 Å². The molecule has 51 heavy (non-hydrogen) atoms. The van der Waals surface area contributed by atoms with Crippen LogP contribution in [0.2, 0.25) is 0 Å². The van der Waals surface area contributed by atoms with Crippen LogP contribution in [0, 0.1) is 0 Å². The highest BCUT2D eigenvalue weighted by Crippen LogP contribution is 2.41. The predicted octanol–water partition coefficient (Wildman–Crippen LogP) is 5.63. The Morgan fingerprint density at radius 3 is 2.18 bits per heavy atom. The first-order valence-electron chi connectivity index (χ1n) is 16.2. The minimum atomic E-state index is -1.30. The third-order valence-corrected chi connectivity index (χ3v) is 8.17. The van der Waals surface area contributed by atoms with Crippen molar-refractivity contribution < 1.29 is 53.0 Å². The van der Waals surface area contributed by atoms with E-state index in [-0.39, 0.29) is 60.2 Å². The van der Waals surface area contributed by atoms with Crippen molar-refractivity contribution in [3.05, 3.63) is 107 Å². The number of methoxy groups -OCH3 is 3. The molecule has 1 amide bonds. The van der Waals surface area contributed by atoms with E-state index in [0.717, 1.165) is 5.56 Å². The number of carboxylic acids is 1. The molecule has 0 saturated carbocycles. The Kier molecular flexibility index (Phi) is 12.0. The summed E-state index contributed by atoms with van der Waals surface area (Å²) in [7, 11) is 4.44. The summed E-state index contributed by atoms with van der Waals surface area (Å²) >= 11 is 0. The average Bonchev–Trinajstić information content (AvgIpc) is 3.61. The number of carbonyl (C=O) groups is 3. The molecule has 4 aromatic carbocycles. The Morgan fingerprint density at radius 2 is 1.49 bits per heavy atom. The summed E-state index contributed by atoms with van der Waals surface area (Å²) in [4.78, 5) is 39.5. The number of fused-ring (bicyclic) bond motifs is 1. The second-order valence-electron chi connectivity index (χ2n) is 11.5. The van der Waals surface area contributed by atoms with Crippen LogP contribution in [0.5, 0.6) is 40.2 Å². The summed E-state index contributed by atoms with van der Waals surface area (Å²) in [6.45, 7) is 0.620. The van der Waals surface area contributed by atoms with Crippen LogP contribution >= 0.6 is 0 Å². The molecule has 1 heterocycles. The van der Waals surface area contributed by atoms with Crippen molar-refractivity contribution in [2.45, 2.75) is 25.7 Å². The van der Waals surface area contributed by atoms with E-state index in [1.54, 1.807) is 78.9 Å². The van der Waals surface area contributed by atoms with Gasteiger partial charge in [0, 0.05) is 30.5 Å². The van der Waals surface area contributed by atoms with Gasteiger partial charge in [0.1, 0.15) is 11.5 Å². The number of ether oxygens (including phenoxy) is 6. The molecule has 0 aliphatic carbocycles. The van der Waals surface area contributed by atoms with Gasteiger partial charge in [-0.2, -0.15) is 0 Å². The smallest absolute Gasteiger partial charge is 0.336 e. The minimum absolute atomic E-state index is 0.00263. The largest absolute Gasteiger partial charge is 0.508 e. The number of ketones is 1. The van der Waals surface area contributed by atoms with Gasteiger partial charge in [-0.15, -0.1) is 0 Å².